The Bertz CT molecular complexity index is 1190. The third-order valence-electron chi connectivity index (χ3n) is 5.90. The van der Waals surface area contributed by atoms with Crippen LogP contribution in [0, 0.1) is 11.6 Å². The van der Waals surface area contributed by atoms with Gasteiger partial charge in [0.05, 0.1) is 6.04 Å². The molecule has 1 amide bonds. The number of nitrogens with zero attached hydrogens (tertiary/aromatic N) is 4. The number of hydrogen-bond acceptors (Lipinski definition) is 4. The lowest BCUT2D eigenvalue weighted by Crippen LogP contribution is -2.49. The van der Waals surface area contributed by atoms with Crippen LogP contribution < -0.4 is 0 Å². The number of benzene rings is 3. The van der Waals surface area contributed by atoms with Crippen molar-refractivity contribution < 1.29 is 13.6 Å². The zero-order valence-corrected chi connectivity index (χ0v) is 17.2. The second kappa shape index (κ2) is 8.47. The van der Waals surface area contributed by atoms with Crippen molar-refractivity contribution in [3.05, 3.63) is 95.1 Å². The summed E-state index contributed by atoms with van der Waals surface area (Å²) in [4.78, 5) is 17.1. The van der Waals surface area contributed by atoms with Crippen molar-refractivity contribution in [3.8, 4) is 0 Å². The van der Waals surface area contributed by atoms with E-state index in [9.17, 15) is 13.6 Å². The van der Waals surface area contributed by atoms with E-state index in [1.165, 1.54) is 24.3 Å². The maximum atomic E-state index is 13.5. The number of piperazine rings is 1. The minimum Gasteiger partial charge on any atom is -0.336 e. The van der Waals surface area contributed by atoms with Gasteiger partial charge in [0.2, 0.25) is 0 Å². The first-order valence-corrected chi connectivity index (χ1v) is 10.4. The third kappa shape index (κ3) is 3.97. The predicted octanol–water partition coefficient (Wildman–Crippen LogP) is 3.78. The van der Waals surface area contributed by atoms with E-state index in [0.29, 0.717) is 42.8 Å². The summed E-state index contributed by atoms with van der Waals surface area (Å²) in [6, 6.07) is 17.9. The highest BCUT2D eigenvalue weighted by molar-refractivity contribution is 5.97. The van der Waals surface area contributed by atoms with Crippen LogP contribution in [0.5, 0.6) is 0 Å². The molecule has 162 valence electrons. The van der Waals surface area contributed by atoms with E-state index in [-0.39, 0.29) is 23.6 Å². The van der Waals surface area contributed by atoms with Crippen LogP contribution in [0.15, 0.2) is 66.7 Å². The number of halogens is 2. The first-order chi connectivity index (χ1) is 15.6. The van der Waals surface area contributed by atoms with Crippen LogP contribution in [0.25, 0.3) is 11.0 Å². The lowest BCUT2D eigenvalue weighted by molar-refractivity contribution is 0.0597. The molecule has 0 saturated carbocycles. The second-order valence-electron chi connectivity index (χ2n) is 7.86. The van der Waals surface area contributed by atoms with Gasteiger partial charge in [-0.2, -0.15) is 15.4 Å². The average molecular weight is 433 g/mol. The van der Waals surface area contributed by atoms with Crippen LogP contribution in [0.3, 0.4) is 0 Å². The van der Waals surface area contributed by atoms with E-state index >= 15 is 0 Å². The molecule has 8 heteroatoms. The van der Waals surface area contributed by atoms with Gasteiger partial charge in [0.1, 0.15) is 22.7 Å². The van der Waals surface area contributed by atoms with E-state index in [0.717, 1.165) is 11.1 Å². The van der Waals surface area contributed by atoms with Crippen LogP contribution in [-0.4, -0.2) is 57.3 Å². The number of hydrogen-bond donors (Lipinski definition) is 1. The standard InChI is InChI=1S/C24H21F2N5O/c25-19-6-1-16(2-7-19)23(17-3-8-20(26)9-4-17)30-11-13-31(14-12-30)24(32)18-5-10-21-22(15-18)28-29-27-21/h1-10,15,23H,11-14H2,(H,27,28,29). The molecule has 0 aliphatic carbocycles. The fraction of sp³-hybridized carbons (Fsp3) is 0.208. The van der Waals surface area contributed by atoms with Gasteiger partial charge in [0.25, 0.3) is 5.91 Å². The monoisotopic (exact) mass is 433 g/mol. The molecule has 1 aliphatic heterocycles. The first-order valence-electron chi connectivity index (χ1n) is 10.4. The predicted molar refractivity (Wildman–Crippen MR) is 116 cm³/mol. The number of nitrogens with one attached hydrogen (secondary N) is 1. The fourth-order valence-electron chi connectivity index (χ4n) is 4.24. The van der Waals surface area contributed by atoms with Crippen LogP contribution in [-0.2, 0) is 0 Å². The summed E-state index contributed by atoms with van der Waals surface area (Å²) in [5, 5.41) is 10.6. The Morgan fingerprint density at radius 2 is 1.34 bits per heavy atom. The van der Waals surface area contributed by atoms with Gasteiger partial charge in [0.15, 0.2) is 0 Å². The Labute approximate surface area is 183 Å². The Kier molecular flexibility index (Phi) is 5.36. The van der Waals surface area contributed by atoms with E-state index < -0.39 is 0 Å². The van der Waals surface area contributed by atoms with Crippen molar-refractivity contribution in [2.75, 3.05) is 26.2 Å². The van der Waals surface area contributed by atoms with Gasteiger partial charge in [-0.3, -0.25) is 9.69 Å². The van der Waals surface area contributed by atoms with Crippen molar-refractivity contribution in [1.29, 1.82) is 0 Å². The molecule has 32 heavy (non-hydrogen) atoms. The van der Waals surface area contributed by atoms with E-state index in [1.807, 2.05) is 4.90 Å². The molecule has 0 atom stereocenters. The number of fused-ring (bicyclic) bond motifs is 1. The molecule has 1 fully saturated rings. The largest absolute Gasteiger partial charge is 0.336 e. The number of carbonyl (C=O) groups is 1. The number of aromatic nitrogens is 3. The van der Waals surface area contributed by atoms with Gasteiger partial charge >= 0.3 is 0 Å². The van der Waals surface area contributed by atoms with Crippen molar-refractivity contribution in [1.82, 2.24) is 25.2 Å². The number of amides is 1. The molecule has 1 aromatic heterocycles. The Hall–Kier alpha value is -3.65. The molecule has 1 N–H and O–H groups in total. The Morgan fingerprint density at radius 3 is 1.94 bits per heavy atom. The van der Waals surface area contributed by atoms with Crippen molar-refractivity contribution in [3.63, 3.8) is 0 Å². The van der Waals surface area contributed by atoms with E-state index in [1.54, 1.807) is 42.5 Å². The molecule has 3 aromatic carbocycles. The van der Waals surface area contributed by atoms with Gasteiger partial charge in [0, 0.05) is 31.7 Å². The van der Waals surface area contributed by atoms with Gasteiger partial charge in [-0.15, -0.1) is 0 Å². The minimum absolute atomic E-state index is 0.0466. The van der Waals surface area contributed by atoms with Gasteiger partial charge in [-0.25, -0.2) is 8.78 Å². The number of carbonyl (C=O) groups excluding carboxylic acids is 1. The zero-order chi connectivity index (χ0) is 22.1. The summed E-state index contributed by atoms with van der Waals surface area (Å²) in [7, 11) is 0. The maximum Gasteiger partial charge on any atom is 0.254 e. The van der Waals surface area contributed by atoms with E-state index in [2.05, 4.69) is 20.3 Å². The highest BCUT2D eigenvalue weighted by atomic mass is 19.1. The lowest BCUT2D eigenvalue weighted by Gasteiger charge is -2.39. The van der Waals surface area contributed by atoms with Crippen molar-refractivity contribution in [2.45, 2.75) is 6.04 Å². The van der Waals surface area contributed by atoms with Gasteiger partial charge < -0.3 is 4.90 Å². The highest BCUT2D eigenvalue weighted by Gasteiger charge is 2.29. The summed E-state index contributed by atoms with van der Waals surface area (Å²) in [6.45, 7) is 2.37. The normalized spacial score (nSPS) is 14.9. The maximum absolute atomic E-state index is 13.5. The summed E-state index contributed by atoms with van der Waals surface area (Å²) in [6.07, 6.45) is 0. The second-order valence-corrected chi connectivity index (χ2v) is 7.86. The number of aromatic amines is 1. The number of rotatable bonds is 4. The molecule has 1 aliphatic rings. The number of H-pyrrole nitrogens is 1. The summed E-state index contributed by atoms with van der Waals surface area (Å²) < 4.78 is 27.0. The molecule has 0 radical (unpaired) electrons. The minimum atomic E-state index is -0.300. The quantitative estimate of drug-likeness (QED) is 0.532. The Morgan fingerprint density at radius 1 is 0.781 bits per heavy atom. The molecule has 1 saturated heterocycles. The summed E-state index contributed by atoms with van der Waals surface area (Å²) in [5.74, 6) is -0.646. The first kappa shape index (κ1) is 20.3. The smallest absolute Gasteiger partial charge is 0.254 e. The molecular formula is C24H21F2N5O. The van der Waals surface area contributed by atoms with Gasteiger partial charge in [-0.05, 0) is 53.6 Å². The molecule has 0 unspecified atom stereocenters. The van der Waals surface area contributed by atoms with Crippen LogP contribution in [0.4, 0.5) is 8.78 Å². The molecule has 0 spiro atoms. The third-order valence-corrected chi connectivity index (χ3v) is 5.90. The summed E-state index contributed by atoms with van der Waals surface area (Å²) in [5.41, 5.74) is 3.80. The molecule has 2 heterocycles. The van der Waals surface area contributed by atoms with E-state index in [4.69, 9.17) is 0 Å². The lowest BCUT2D eigenvalue weighted by atomic mass is 9.96. The van der Waals surface area contributed by atoms with Crippen LogP contribution in [0.2, 0.25) is 0 Å². The highest BCUT2D eigenvalue weighted by Crippen LogP contribution is 2.30. The van der Waals surface area contributed by atoms with Gasteiger partial charge in [-0.1, -0.05) is 24.3 Å². The van der Waals surface area contributed by atoms with Crippen molar-refractivity contribution in [2.24, 2.45) is 0 Å². The molecule has 6 nitrogen and oxygen atoms in total. The average Bonchev–Trinajstić information content (AvgIpc) is 3.30. The van der Waals surface area contributed by atoms with Crippen molar-refractivity contribution >= 4 is 16.9 Å². The topological polar surface area (TPSA) is 65.1 Å². The summed E-state index contributed by atoms with van der Waals surface area (Å²) >= 11 is 0. The fourth-order valence-corrected chi connectivity index (χ4v) is 4.24. The van der Waals surface area contributed by atoms with Crippen LogP contribution >= 0.6 is 0 Å². The molecule has 4 aromatic rings. The molecule has 0 bridgehead atoms. The molecule has 5 rings (SSSR count). The zero-order valence-electron chi connectivity index (χ0n) is 17.2. The SMILES string of the molecule is O=C(c1ccc2n[nH]nc2c1)N1CCN(C(c2ccc(F)cc2)c2ccc(F)cc2)CC1. The molecular weight excluding hydrogens is 412 g/mol. The Balaban J connectivity index is 1.35. The van der Waals surface area contributed by atoms with Crippen LogP contribution in [0.1, 0.15) is 27.5 Å².